The van der Waals surface area contributed by atoms with Crippen LogP contribution in [-0.2, 0) is 23.1 Å². The van der Waals surface area contributed by atoms with E-state index in [-0.39, 0.29) is 12.7 Å². The summed E-state index contributed by atoms with van der Waals surface area (Å²) in [4.78, 5) is 26.8. The van der Waals surface area contributed by atoms with Gasteiger partial charge in [0.2, 0.25) is 0 Å². The number of rotatable bonds is 6. The Kier molecular flexibility index (Phi) is 5.63. The number of ether oxygens (including phenoxy) is 2. The lowest BCUT2D eigenvalue weighted by Crippen LogP contribution is -2.29. The van der Waals surface area contributed by atoms with Crippen molar-refractivity contribution in [3.8, 4) is 11.3 Å². The Labute approximate surface area is 191 Å². The van der Waals surface area contributed by atoms with Crippen LogP contribution in [0.5, 0.6) is 0 Å². The van der Waals surface area contributed by atoms with Gasteiger partial charge < -0.3 is 29.2 Å². The van der Waals surface area contributed by atoms with Gasteiger partial charge in [0.05, 0.1) is 18.5 Å². The summed E-state index contributed by atoms with van der Waals surface area (Å²) in [5.74, 6) is 1.12. The monoisotopic (exact) mass is 448 g/mol. The van der Waals surface area contributed by atoms with Gasteiger partial charge in [0.1, 0.15) is 17.8 Å². The van der Waals surface area contributed by atoms with Crippen molar-refractivity contribution in [1.82, 2.24) is 24.4 Å². The van der Waals surface area contributed by atoms with Crippen molar-refractivity contribution in [2.45, 2.75) is 13.0 Å². The molecule has 1 amide bonds. The molecule has 1 saturated heterocycles. The summed E-state index contributed by atoms with van der Waals surface area (Å²) in [6.45, 7) is 2.30. The van der Waals surface area contributed by atoms with Crippen molar-refractivity contribution < 1.29 is 14.3 Å². The molecule has 33 heavy (non-hydrogen) atoms. The maximum Gasteiger partial charge on any atom is 0.410 e. The molecule has 1 atom stereocenters. The SMILES string of the molecule is CNc1nc2[nH]c(-c3cccc(COC(=O)N4CC[C@H](COC)C4)c3)cc2c2c1ncn2C. The second kappa shape index (κ2) is 8.74. The van der Waals surface area contributed by atoms with Crippen molar-refractivity contribution in [2.24, 2.45) is 13.0 Å². The first-order chi connectivity index (χ1) is 16.1. The van der Waals surface area contributed by atoms with Crippen LogP contribution in [0.2, 0.25) is 0 Å². The minimum Gasteiger partial charge on any atom is -0.445 e. The Morgan fingerprint density at radius 1 is 1.33 bits per heavy atom. The molecular weight excluding hydrogens is 420 g/mol. The molecule has 0 unspecified atom stereocenters. The number of hydrogen-bond donors (Lipinski definition) is 2. The number of aromatic amines is 1. The van der Waals surface area contributed by atoms with Gasteiger partial charge in [-0.15, -0.1) is 0 Å². The molecule has 0 spiro atoms. The molecular formula is C24H28N6O3. The van der Waals surface area contributed by atoms with E-state index >= 15 is 0 Å². The maximum absolute atomic E-state index is 12.5. The van der Waals surface area contributed by atoms with Gasteiger partial charge in [-0.3, -0.25) is 0 Å². The molecule has 4 aromatic rings. The Balaban J connectivity index is 1.35. The van der Waals surface area contributed by atoms with Crippen molar-refractivity contribution in [3.63, 3.8) is 0 Å². The predicted octanol–water partition coefficient (Wildman–Crippen LogP) is 3.76. The van der Waals surface area contributed by atoms with E-state index in [2.05, 4.69) is 21.4 Å². The Hall–Kier alpha value is -3.59. The lowest BCUT2D eigenvalue weighted by atomic mass is 10.1. The molecule has 2 N–H and O–H groups in total. The largest absolute Gasteiger partial charge is 0.445 e. The van der Waals surface area contributed by atoms with E-state index < -0.39 is 0 Å². The smallest absolute Gasteiger partial charge is 0.410 e. The number of aryl methyl sites for hydroxylation is 1. The second-order valence-corrected chi connectivity index (χ2v) is 8.52. The van der Waals surface area contributed by atoms with E-state index in [4.69, 9.17) is 14.5 Å². The minimum atomic E-state index is -0.271. The summed E-state index contributed by atoms with van der Waals surface area (Å²) in [6, 6.07) is 10.1. The topological polar surface area (TPSA) is 97.3 Å². The molecule has 1 fully saturated rings. The van der Waals surface area contributed by atoms with Crippen LogP contribution in [-0.4, -0.2) is 64.4 Å². The number of H-pyrrole nitrogens is 1. The van der Waals surface area contributed by atoms with Crippen LogP contribution < -0.4 is 5.32 Å². The number of hydrogen-bond acceptors (Lipinski definition) is 6. The number of imidazole rings is 1. The van der Waals surface area contributed by atoms with Crippen LogP contribution in [0.1, 0.15) is 12.0 Å². The number of carbonyl (C=O) groups excluding carboxylic acids is 1. The van der Waals surface area contributed by atoms with Crippen LogP contribution in [0, 0.1) is 5.92 Å². The van der Waals surface area contributed by atoms with Crippen LogP contribution >= 0.6 is 0 Å². The molecule has 5 rings (SSSR count). The molecule has 0 radical (unpaired) electrons. The van der Waals surface area contributed by atoms with Gasteiger partial charge in [0.25, 0.3) is 0 Å². The lowest BCUT2D eigenvalue weighted by Gasteiger charge is -2.16. The first-order valence-electron chi connectivity index (χ1n) is 11.1. The molecule has 1 aliphatic heterocycles. The molecule has 4 heterocycles. The number of anilines is 1. The van der Waals surface area contributed by atoms with E-state index in [0.717, 1.165) is 51.1 Å². The number of pyridine rings is 1. The highest BCUT2D eigenvalue weighted by molar-refractivity contribution is 6.07. The van der Waals surface area contributed by atoms with E-state index in [1.54, 1.807) is 18.3 Å². The third-order valence-electron chi connectivity index (χ3n) is 6.22. The number of benzene rings is 1. The first kappa shape index (κ1) is 21.3. The van der Waals surface area contributed by atoms with E-state index in [1.807, 2.05) is 42.9 Å². The van der Waals surface area contributed by atoms with Crippen molar-refractivity contribution in [1.29, 1.82) is 0 Å². The molecule has 172 valence electrons. The van der Waals surface area contributed by atoms with Gasteiger partial charge in [-0.25, -0.2) is 14.8 Å². The normalized spacial score (nSPS) is 16.1. The van der Waals surface area contributed by atoms with Crippen LogP contribution in [0.3, 0.4) is 0 Å². The number of aromatic nitrogens is 4. The fourth-order valence-electron chi connectivity index (χ4n) is 4.56. The number of fused-ring (bicyclic) bond motifs is 3. The van der Waals surface area contributed by atoms with Crippen LogP contribution in [0.4, 0.5) is 10.6 Å². The number of nitrogens with zero attached hydrogens (tertiary/aromatic N) is 4. The summed E-state index contributed by atoms with van der Waals surface area (Å²) >= 11 is 0. The zero-order valence-electron chi connectivity index (χ0n) is 19.1. The van der Waals surface area contributed by atoms with Crippen molar-refractivity contribution >= 4 is 34.0 Å². The summed E-state index contributed by atoms with van der Waals surface area (Å²) in [5, 5.41) is 4.14. The van der Waals surface area contributed by atoms with Crippen molar-refractivity contribution in [3.05, 3.63) is 42.2 Å². The van der Waals surface area contributed by atoms with Gasteiger partial charge >= 0.3 is 6.09 Å². The zero-order valence-corrected chi connectivity index (χ0v) is 19.1. The number of methoxy groups -OCH3 is 1. The molecule has 1 aliphatic rings. The molecule has 3 aromatic heterocycles. The second-order valence-electron chi connectivity index (χ2n) is 8.52. The number of carbonyl (C=O) groups is 1. The number of nitrogens with one attached hydrogen (secondary N) is 2. The molecule has 9 nitrogen and oxygen atoms in total. The third kappa shape index (κ3) is 4.00. The van der Waals surface area contributed by atoms with Gasteiger partial charge in [0, 0.05) is 51.3 Å². The first-order valence-corrected chi connectivity index (χ1v) is 11.1. The van der Waals surface area contributed by atoms with E-state index in [1.165, 1.54) is 0 Å². The fourth-order valence-corrected chi connectivity index (χ4v) is 4.56. The van der Waals surface area contributed by atoms with Crippen molar-refractivity contribution in [2.75, 3.05) is 39.2 Å². The van der Waals surface area contributed by atoms with Gasteiger partial charge in [-0.05, 0) is 29.7 Å². The van der Waals surface area contributed by atoms with Gasteiger partial charge in [-0.1, -0.05) is 18.2 Å². The number of likely N-dealkylation sites (tertiary alicyclic amines) is 1. The van der Waals surface area contributed by atoms with Gasteiger partial charge in [-0.2, -0.15) is 0 Å². The summed E-state index contributed by atoms with van der Waals surface area (Å²) in [6.07, 6.45) is 2.48. The predicted molar refractivity (Wildman–Crippen MR) is 127 cm³/mol. The lowest BCUT2D eigenvalue weighted by molar-refractivity contribution is 0.0993. The Morgan fingerprint density at radius 2 is 2.21 bits per heavy atom. The highest BCUT2D eigenvalue weighted by atomic mass is 16.6. The quantitative estimate of drug-likeness (QED) is 0.466. The van der Waals surface area contributed by atoms with Crippen LogP contribution in [0.15, 0.2) is 36.7 Å². The highest BCUT2D eigenvalue weighted by Gasteiger charge is 2.27. The molecule has 0 aliphatic carbocycles. The molecule has 0 saturated carbocycles. The van der Waals surface area contributed by atoms with E-state index in [0.29, 0.717) is 25.6 Å². The highest BCUT2D eigenvalue weighted by Crippen LogP contribution is 2.32. The summed E-state index contributed by atoms with van der Waals surface area (Å²) < 4.78 is 12.8. The Morgan fingerprint density at radius 3 is 3.03 bits per heavy atom. The average Bonchev–Trinajstić information content (AvgIpc) is 3.56. The average molecular weight is 449 g/mol. The van der Waals surface area contributed by atoms with Crippen LogP contribution in [0.25, 0.3) is 33.3 Å². The summed E-state index contributed by atoms with van der Waals surface area (Å²) in [5.41, 5.74) is 5.54. The standard InChI is InChI=1S/C24H28N6O3/c1-25-23-20-21(29(2)14-26-20)18-10-19(27-22(18)28-23)17-6-4-5-15(9-17)13-33-24(31)30-8-7-16(11-30)12-32-3/h4-6,9-10,14,16H,7-8,11-13H2,1-3H3,(H2,25,27,28)/t16-/m0/s1. The molecule has 0 bridgehead atoms. The van der Waals surface area contributed by atoms with Gasteiger partial charge in [0.15, 0.2) is 5.82 Å². The number of amides is 1. The Bertz CT molecular complexity index is 1310. The maximum atomic E-state index is 12.5. The minimum absolute atomic E-state index is 0.229. The molecule has 9 heteroatoms. The molecule has 1 aromatic carbocycles. The summed E-state index contributed by atoms with van der Waals surface area (Å²) in [7, 11) is 5.51. The zero-order chi connectivity index (χ0) is 22.9. The van der Waals surface area contributed by atoms with E-state index in [9.17, 15) is 4.79 Å². The fraction of sp³-hybridized carbons (Fsp3) is 0.375. The third-order valence-corrected chi connectivity index (χ3v) is 6.22.